The van der Waals surface area contributed by atoms with E-state index < -0.39 is 0 Å². The van der Waals surface area contributed by atoms with Crippen molar-refractivity contribution >= 4 is 11.6 Å². The molecule has 60 valence electrons. The standard InChI is InChI=1S/C9H12ClN/c1-6(2)8-5-4-7(3)9(10)11-8/h4-6H,1-3H3. The quantitative estimate of drug-likeness (QED) is 0.589. The van der Waals surface area contributed by atoms with Crippen molar-refractivity contribution in [2.75, 3.05) is 0 Å². The molecule has 0 aliphatic rings. The minimum Gasteiger partial charge on any atom is -0.241 e. The fraction of sp³-hybridized carbons (Fsp3) is 0.444. The van der Waals surface area contributed by atoms with Crippen LogP contribution in [0.25, 0.3) is 0 Å². The van der Waals surface area contributed by atoms with Gasteiger partial charge < -0.3 is 0 Å². The molecule has 0 radical (unpaired) electrons. The molecule has 0 fully saturated rings. The van der Waals surface area contributed by atoms with Gasteiger partial charge >= 0.3 is 0 Å². The minimum atomic E-state index is 0.452. The molecule has 0 aliphatic carbocycles. The van der Waals surface area contributed by atoms with E-state index in [1.165, 1.54) is 0 Å². The van der Waals surface area contributed by atoms with Crippen LogP contribution in [-0.4, -0.2) is 4.98 Å². The average Bonchev–Trinajstić information content (AvgIpc) is 1.94. The third-order valence-corrected chi connectivity index (χ3v) is 2.03. The third-order valence-electron chi connectivity index (χ3n) is 1.65. The Morgan fingerprint density at radius 1 is 1.36 bits per heavy atom. The highest BCUT2D eigenvalue weighted by Gasteiger charge is 2.02. The highest BCUT2D eigenvalue weighted by molar-refractivity contribution is 6.30. The van der Waals surface area contributed by atoms with Gasteiger partial charge in [-0.1, -0.05) is 31.5 Å². The lowest BCUT2D eigenvalue weighted by Crippen LogP contribution is -1.93. The predicted octanol–water partition coefficient (Wildman–Crippen LogP) is 3.17. The van der Waals surface area contributed by atoms with Crippen LogP contribution >= 0.6 is 11.6 Å². The molecule has 1 rings (SSSR count). The van der Waals surface area contributed by atoms with E-state index in [-0.39, 0.29) is 0 Å². The smallest absolute Gasteiger partial charge is 0.132 e. The fourth-order valence-electron chi connectivity index (χ4n) is 0.839. The number of aromatic nitrogens is 1. The first-order chi connectivity index (χ1) is 5.11. The number of rotatable bonds is 1. The molecule has 1 aromatic rings. The van der Waals surface area contributed by atoms with Crippen LogP contribution in [0.5, 0.6) is 0 Å². The van der Waals surface area contributed by atoms with Gasteiger partial charge in [-0.05, 0) is 24.5 Å². The van der Waals surface area contributed by atoms with E-state index in [2.05, 4.69) is 18.8 Å². The predicted molar refractivity (Wildman–Crippen MR) is 48.1 cm³/mol. The van der Waals surface area contributed by atoms with Gasteiger partial charge in [0.05, 0.1) is 0 Å². The Balaban J connectivity index is 3.05. The molecular formula is C9H12ClN. The van der Waals surface area contributed by atoms with Crippen molar-refractivity contribution in [3.05, 3.63) is 28.5 Å². The molecule has 0 amide bonds. The summed E-state index contributed by atoms with van der Waals surface area (Å²) in [7, 11) is 0. The number of halogens is 1. The summed E-state index contributed by atoms with van der Waals surface area (Å²) in [5, 5.41) is 0.621. The van der Waals surface area contributed by atoms with Crippen LogP contribution in [0.2, 0.25) is 5.15 Å². The van der Waals surface area contributed by atoms with Crippen molar-refractivity contribution in [1.29, 1.82) is 0 Å². The lowest BCUT2D eigenvalue weighted by atomic mass is 10.1. The van der Waals surface area contributed by atoms with Crippen molar-refractivity contribution in [2.24, 2.45) is 0 Å². The maximum absolute atomic E-state index is 5.85. The summed E-state index contributed by atoms with van der Waals surface area (Å²) in [6, 6.07) is 4.02. The highest BCUT2D eigenvalue weighted by Crippen LogP contribution is 2.17. The monoisotopic (exact) mass is 169 g/mol. The van der Waals surface area contributed by atoms with Gasteiger partial charge in [0.1, 0.15) is 5.15 Å². The fourth-order valence-corrected chi connectivity index (χ4v) is 1.00. The van der Waals surface area contributed by atoms with Crippen LogP contribution in [0.4, 0.5) is 0 Å². The van der Waals surface area contributed by atoms with Gasteiger partial charge in [0.2, 0.25) is 0 Å². The van der Waals surface area contributed by atoms with Crippen LogP contribution in [0.15, 0.2) is 12.1 Å². The van der Waals surface area contributed by atoms with E-state index in [0.717, 1.165) is 11.3 Å². The van der Waals surface area contributed by atoms with Crippen molar-refractivity contribution in [2.45, 2.75) is 26.7 Å². The first-order valence-electron chi connectivity index (χ1n) is 3.74. The molecular weight excluding hydrogens is 158 g/mol. The topological polar surface area (TPSA) is 12.9 Å². The minimum absolute atomic E-state index is 0.452. The maximum Gasteiger partial charge on any atom is 0.132 e. The maximum atomic E-state index is 5.85. The van der Waals surface area contributed by atoms with Crippen LogP contribution in [0.3, 0.4) is 0 Å². The highest BCUT2D eigenvalue weighted by atomic mass is 35.5. The molecule has 0 unspecified atom stereocenters. The van der Waals surface area contributed by atoms with Gasteiger partial charge in [0, 0.05) is 5.69 Å². The zero-order valence-corrected chi connectivity index (χ0v) is 7.81. The lowest BCUT2D eigenvalue weighted by Gasteiger charge is -2.04. The zero-order valence-electron chi connectivity index (χ0n) is 7.06. The van der Waals surface area contributed by atoms with Gasteiger partial charge in [-0.3, -0.25) is 0 Å². The second-order valence-corrected chi connectivity index (χ2v) is 3.36. The van der Waals surface area contributed by atoms with Crippen molar-refractivity contribution in [1.82, 2.24) is 4.98 Å². The molecule has 0 saturated heterocycles. The zero-order chi connectivity index (χ0) is 8.43. The molecule has 0 atom stereocenters. The third kappa shape index (κ3) is 1.93. The van der Waals surface area contributed by atoms with Gasteiger partial charge in [-0.25, -0.2) is 4.98 Å². The van der Waals surface area contributed by atoms with E-state index >= 15 is 0 Å². The van der Waals surface area contributed by atoms with E-state index in [1.54, 1.807) is 0 Å². The van der Waals surface area contributed by atoms with E-state index in [4.69, 9.17) is 11.6 Å². The SMILES string of the molecule is Cc1ccc(C(C)C)nc1Cl. The van der Waals surface area contributed by atoms with Gasteiger partial charge in [-0.15, -0.1) is 0 Å². The molecule has 0 bridgehead atoms. The van der Waals surface area contributed by atoms with Gasteiger partial charge in [0.25, 0.3) is 0 Å². The van der Waals surface area contributed by atoms with Crippen molar-refractivity contribution in [3.8, 4) is 0 Å². The molecule has 1 aromatic heterocycles. The molecule has 0 saturated carbocycles. The molecule has 0 aromatic carbocycles. The Bertz CT molecular complexity index is 256. The van der Waals surface area contributed by atoms with Crippen LogP contribution < -0.4 is 0 Å². The molecule has 11 heavy (non-hydrogen) atoms. The first kappa shape index (κ1) is 8.54. The Kier molecular flexibility index (Phi) is 2.50. The Morgan fingerprint density at radius 2 is 2.00 bits per heavy atom. The summed E-state index contributed by atoms with van der Waals surface area (Å²) in [6.07, 6.45) is 0. The summed E-state index contributed by atoms with van der Waals surface area (Å²) >= 11 is 5.85. The Hall–Kier alpha value is -0.560. The number of aryl methyl sites for hydroxylation is 1. The van der Waals surface area contributed by atoms with Crippen molar-refractivity contribution in [3.63, 3.8) is 0 Å². The number of pyridine rings is 1. The molecule has 0 N–H and O–H groups in total. The average molecular weight is 170 g/mol. The first-order valence-corrected chi connectivity index (χ1v) is 4.12. The van der Waals surface area contributed by atoms with E-state index in [0.29, 0.717) is 11.1 Å². The molecule has 1 heterocycles. The van der Waals surface area contributed by atoms with Crippen molar-refractivity contribution < 1.29 is 0 Å². The largest absolute Gasteiger partial charge is 0.241 e. The molecule has 0 aliphatic heterocycles. The molecule has 1 nitrogen and oxygen atoms in total. The van der Waals surface area contributed by atoms with Crippen LogP contribution in [0.1, 0.15) is 31.0 Å². The summed E-state index contributed by atoms with van der Waals surface area (Å²) in [4.78, 5) is 4.24. The number of hydrogen-bond acceptors (Lipinski definition) is 1. The molecule has 2 heteroatoms. The second-order valence-electron chi connectivity index (χ2n) is 3.00. The lowest BCUT2D eigenvalue weighted by molar-refractivity contribution is 0.821. The van der Waals surface area contributed by atoms with E-state index in [9.17, 15) is 0 Å². The normalized spacial score (nSPS) is 10.6. The van der Waals surface area contributed by atoms with E-state index in [1.807, 2.05) is 19.1 Å². The molecule has 0 spiro atoms. The van der Waals surface area contributed by atoms with Gasteiger partial charge in [0.15, 0.2) is 0 Å². The number of nitrogens with zero attached hydrogens (tertiary/aromatic N) is 1. The van der Waals surface area contributed by atoms with Gasteiger partial charge in [-0.2, -0.15) is 0 Å². The van der Waals surface area contributed by atoms with Crippen LogP contribution in [0, 0.1) is 6.92 Å². The summed E-state index contributed by atoms with van der Waals surface area (Å²) in [5.41, 5.74) is 2.09. The van der Waals surface area contributed by atoms with Crippen LogP contribution in [-0.2, 0) is 0 Å². The number of hydrogen-bond donors (Lipinski definition) is 0. The Morgan fingerprint density at radius 3 is 2.45 bits per heavy atom. The summed E-state index contributed by atoms with van der Waals surface area (Å²) < 4.78 is 0. The summed E-state index contributed by atoms with van der Waals surface area (Å²) in [6.45, 7) is 6.17. The second kappa shape index (κ2) is 3.22. The Labute approximate surface area is 72.4 Å². The summed E-state index contributed by atoms with van der Waals surface area (Å²) in [5.74, 6) is 0.452.